The second-order valence-electron chi connectivity index (χ2n) is 6.14. The molecule has 7 heteroatoms. The number of rotatable bonds is 6. The number of sulfonamides is 1. The summed E-state index contributed by atoms with van der Waals surface area (Å²) in [5.74, 6) is 0.235. The Kier molecular flexibility index (Phi) is 5.32. The van der Waals surface area contributed by atoms with Crippen molar-refractivity contribution in [1.82, 2.24) is 5.32 Å². The molecule has 0 aliphatic heterocycles. The molecule has 0 spiro atoms. The zero-order chi connectivity index (χ0) is 19.4. The summed E-state index contributed by atoms with van der Waals surface area (Å²) in [5.41, 5.74) is 2.61. The minimum absolute atomic E-state index is 0.0223. The summed E-state index contributed by atoms with van der Waals surface area (Å²) in [6, 6.07) is 14.8. The first-order valence-electron chi connectivity index (χ1n) is 8.36. The number of nitrogens with one attached hydrogen (secondary N) is 2. The van der Waals surface area contributed by atoms with Crippen LogP contribution in [0.2, 0.25) is 0 Å². The lowest BCUT2D eigenvalue weighted by Crippen LogP contribution is -2.23. The van der Waals surface area contributed by atoms with E-state index in [1.807, 2.05) is 19.9 Å². The first kappa shape index (κ1) is 18.7. The van der Waals surface area contributed by atoms with Gasteiger partial charge in [0, 0.05) is 5.56 Å². The summed E-state index contributed by atoms with van der Waals surface area (Å²) in [6.45, 7) is 3.99. The molecule has 0 atom stereocenters. The molecule has 0 unspecified atom stereocenters. The Labute approximate surface area is 158 Å². The lowest BCUT2D eigenvalue weighted by molar-refractivity contribution is 0.0948. The molecule has 0 aliphatic carbocycles. The van der Waals surface area contributed by atoms with E-state index in [2.05, 4.69) is 10.0 Å². The van der Waals surface area contributed by atoms with Gasteiger partial charge in [-0.3, -0.25) is 9.52 Å². The minimum atomic E-state index is -3.82. The molecule has 140 valence electrons. The third kappa shape index (κ3) is 4.38. The van der Waals surface area contributed by atoms with Crippen LogP contribution in [0, 0.1) is 13.8 Å². The second-order valence-corrected chi connectivity index (χ2v) is 7.83. The Morgan fingerprint density at radius 1 is 1.04 bits per heavy atom. The number of aryl methyl sites for hydroxylation is 1. The number of hydrogen-bond donors (Lipinski definition) is 2. The molecule has 27 heavy (non-hydrogen) atoms. The van der Waals surface area contributed by atoms with Crippen LogP contribution in [0.1, 0.15) is 27.2 Å². The van der Waals surface area contributed by atoms with Crippen molar-refractivity contribution >= 4 is 21.6 Å². The first-order valence-corrected chi connectivity index (χ1v) is 9.85. The van der Waals surface area contributed by atoms with Crippen LogP contribution in [-0.2, 0) is 16.6 Å². The van der Waals surface area contributed by atoms with E-state index in [9.17, 15) is 13.2 Å². The van der Waals surface area contributed by atoms with Crippen molar-refractivity contribution < 1.29 is 17.6 Å². The third-order valence-corrected chi connectivity index (χ3v) is 5.62. The molecule has 0 bridgehead atoms. The summed E-state index contributed by atoms with van der Waals surface area (Å²) >= 11 is 0. The molecule has 3 aromatic rings. The van der Waals surface area contributed by atoms with E-state index < -0.39 is 10.0 Å². The average molecular weight is 384 g/mol. The van der Waals surface area contributed by atoms with E-state index >= 15 is 0 Å². The summed E-state index contributed by atoms with van der Waals surface area (Å²) in [7, 11) is -3.82. The van der Waals surface area contributed by atoms with E-state index in [1.54, 1.807) is 36.4 Å². The number of benzene rings is 2. The zero-order valence-electron chi connectivity index (χ0n) is 15.0. The average Bonchev–Trinajstić information content (AvgIpc) is 3.17. The number of amides is 1. The van der Waals surface area contributed by atoms with Gasteiger partial charge in [0.1, 0.15) is 5.76 Å². The lowest BCUT2D eigenvalue weighted by Gasteiger charge is -2.13. The fraction of sp³-hybridized carbons (Fsp3) is 0.150. The van der Waals surface area contributed by atoms with Gasteiger partial charge in [0.15, 0.2) is 0 Å². The van der Waals surface area contributed by atoms with Gasteiger partial charge >= 0.3 is 0 Å². The van der Waals surface area contributed by atoms with Crippen LogP contribution in [0.25, 0.3) is 0 Å². The largest absolute Gasteiger partial charge is 0.467 e. The number of anilines is 1. The predicted molar refractivity (Wildman–Crippen MR) is 103 cm³/mol. The number of hydrogen-bond acceptors (Lipinski definition) is 4. The fourth-order valence-electron chi connectivity index (χ4n) is 2.55. The van der Waals surface area contributed by atoms with Gasteiger partial charge in [-0.25, -0.2) is 8.42 Å². The van der Waals surface area contributed by atoms with Gasteiger partial charge in [0.2, 0.25) is 0 Å². The Morgan fingerprint density at radius 3 is 2.56 bits per heavy atom. The van der Waals surface area contributed by atoms with E-state index in [0.717, 1.165) is 11.1 Å². The molecule has 1 heterocycles. The highest BCUT2D eigenvalue weighted by atomic mass is 32.2. The van der Waals surface area contributed by atoms with E-state index in [1.165, 1.54) is 18.4 Å². The molecule has 6 nitrogen and oxygen atoms in total. The van der Waals surface area contributed by atoms with Crippen LogP contribution in [0.3, 0.4) is 0 Å². The van der Waals surface area contributed by atoms with Crippen LogP contribution < -0.4 is 10.0 Å². The van der Waals surface area contributed by atoms with E-state index in [4.69, 9.17) is 4.42 Å². The smallest absolute Gasteiger partial charge is 0.261 e. The fourth-order valence-corrected chi connectivity index (χ4v) is 3.72. The lowest BCUT2D eigenvalue weighted by atomic mass is 10.1. The van der Waals surface area contributed by atoms with Gasteiger partial charge in [-0.1, -0.05) is 18.2 Å². The highest BCUT2D eigenvalue weighted by molar-refractivity contribution is 7.92. The molecule has 2 N–H and O–H groups in total. The maximum absolute atomic E-state index is 12.7. The number of furan rings is 1. The molecular weight excluding hydrogens is 364 g/mol. The molecule has 0 saturated heterocycles. The molecule has 0 saturated carbocycles. The SMILES string of the molecule is Cc1cccc(NS(=O)(=O)c2cccc(C(=O)NCc3ccco3)c2)c1C. The van der Waals surface area contributed by atoms with Crippen molar-refractivity contribution in [2.45, 2.75) is 25.3 Å². The van der Waals surface area contributed by atoms with Crippen LogP contribution in [0.15, 0.2) is 70.2 Å². The standard InChI is InChI=1S/C20H20N2O4S/c1-14-6-3-10-19(15(14)2)22-27(24,25)18-9-4-7-16(12-18)20(23)21-13-17-8-5-11-26-17/h3-12,22H,13H2,1-2H3,(H,21,23). The van der Waals surface area contributed by atoms with Gasteiger partial charge in [0.25, 0.3) is 15.9 Å². The van der Waals surface area contributed by atoms with Crippen LogP contribution >= 0.6 is 0 Å². The van der Waals surface area contributed by atoms with Gasteiger partial charge in [0.05, 0.1) is 23.4 Å². The molecular formula is C20H20N2O4S. The molecule has 1 aromatic heterocycles. The number of carbonyl (C=O) groups is 1. The monoisotopic (exact) mass is 384 g/mol. The first-order chi connectivity index (χ1) is 12.9. The molecule has 2 aromatic carbocycles. The van der Waals surface area contributed by atoms with Crippen molar-refractivity contribution in [2.75, 3.05) is 4.72 Å². The van der Waals surface area contributed by atoms with Crippen LogP contribution in [0.5, 0.6) is 0 Å². The highest BCUT2D eigenvalue weighted by Crippen LogP contribution is 2.22. The molecule has 3 rings (SSSR count). The molecule has 1 amide bonds. The summed E-state index contributed by atoms with van der Waals surface area (Å²) < 4.78 is 33.2. The predicted octanol–water partition coefficient (Wildman–Crippen LogP) is 3.63. The quantitative estimate of drug-likeness (QED) is 0.679. The van der Waals surface area contributed by atoms with Crippen molar-refractivity contribution in [3.63, 3.8) is 0 Å². The minimum Gasteiger partial charge on any atom is -0.467 e. The Hall–Kier alpha value is -3.06. The molecule has 0 aliphatic rings. The van der Waals surface area contributed by atoms with Crippen LogP contribution in [0.4, 0.5) is 5.69 Å². The summed E-state index contributed by atoms with van der Waals surface area (Å²) in [4.78, 5) is 12.3. The van der Waals surface area contributed by atoms with Crippen molar-refractivity contribution in [1.29, 1.82) is 0 Å². The Morgan fingerprint density at radius 2 is 1.81 bits per heavy atom. The zero-order valence-corrected chi connectivity index (χ0v) is 15.8. The second kappa shape index (κ2) is 7.67. The molecule has 0 fully saturated rings. The summed E-state index contributed by atoms with van der Waals surface area (Å²) in [5, 5.41) is 2.70. The maximum Gasteiger partial charge on any atom is 0.261 e. The van der Waals surface area contributed by atoms with Gasteiger partial charge in [-0.15, -0.1) is 0 Å². The van der Waals surface area contributed by atoms with Gasteiger partial charge in [-0.05, 0) is 61.4 Å². The Balaban J connectivity index is 1.79. The normalized spacial score (nSPS) is 11.2. The third-order valence-electron chi connectivity index (χ3n) is 4.26. The van der Waals surface area contributed by atoms with Gasteiger partial charge < -0.3 is 9.73 Å². The van der Waals surface area contributed by atoms with Crippen molar-refractivity contribution in [3.05, 3.63) is 83.3 Å². The Bertz CT molecular complexity index is 1060. The van der Waals surface area contributed by atoms with Crippen molar-refractivity contribution in [3.8, 4) is 0 Å². The topological polar surface area (TPSA) is 88.4 Å². The maximum atomic E-state index is 12.7. The van der Waals surface area contributed by atoms with Crippen LogP contribution in [-0.4, -0.2) is 14.3 Å². The van der Waals surface area contributed by atoms with E-state index in [0.29, 0.717) is 11.4 Å². The summed E-state index contributed by atoms with van der Waals surface area (Å²) in [6.07, 6.45) is 1.52. The number of carbonyl (C=O) groups excluding carboxylic acids is 1. The van der Waals surface area contributed by atoms with Gasteiger partial charge in [-0.2, -0.15) is 0 Å². The molecule has 0 radical (unpaired) electrons. The highest BCUT2D eigenvalue weighted by Gasteiger charge is 2.18. The van der Waals surface area contributed by atoms with Crippen molar-refractivity contribution in [2.24, 2.45) is 0 Å². The van der Waals surface area contributed by atoms with E-state index in [-0.39, 0.29) is 22.9 Å².